The van der Waals surface area contributed by atoms with Crippen molar-refractivity contribution < 1.29 is 4.74 Å². The second-order valence-electron chi connectivity index (χ2n) is 7.83. The first-order valence-corrected chi connectivity index (χ1v) is 11.8. The van der Waals surface area contributed by atoms with Gasteiger partial charge in [-0.1, -0.05) is 63.3 Å². The van der Waals surface area contributed by atoms with Crippen LogP contribution in [0, 0.1) is 13.1 Å². The van der Waals surface area contributed by atoms with E-state index in [1.807, 2.05) is 18.2 Å². The van der Waals surface area contributed by atoms with Crippen molar-refractivity contribution in [1.82, 2.24) is 9.55 Å². The predicted octanol–water partition coefficient (Wildman–Crippen LogP) is 7.91. The van der Waals surface area contributed by atoms with Crippen molar-refractivity contribution in [2.24, 2.45) is 15.2 Å². The molecule has 180 valence electrons. The first kappa shape index (κ1) is 26.5. The van der Waals surface area contributed by atoms with Crippen LogP contribution in [-0.4, -0.2) is 36.2 Å². The van der Waals surface area contributed by atoms with E-state index >= 15 is 0 Å². The van der Waals surface area contributed by atoms with Crippen molar-refractivity contribution in [3.63, 3.8) is 0 Å². The number of methoxy groups -OCH3 is 1. The van der Waals surface area contributed by atoms with Gasteiger partial charge in [-0.05, 0) is 37.5 Å². The Balaban J connectivity index is 2.45. The third-order valence-electron chi connectivity index (χ3n) is 5.28. The number of aliphatic imine (C=N–C) groups is 1. The molecule has 0 atom stereocenters. The van der Waals surface area contributed by atoms with Crippen LogP contribution >= 0.6 is 0 Å². The molecule has 0 radical (unpaired) electrons. The van der Waals surface area contributed by atoms with Crippen LogP contribution in [0.2, 0.25) is 0 Å². The molecule has 0 saturated heterocycles. The maximum Gasteiger partial charge on any atom is 0.416 e. The van der Waals surface area contributed by atoms with Crippen LogP contribution in [0.25, 0.3) is 9.69 Å². The van der Waals surface area contributed by atoms with Gasteiger partial charge in [-0.15, -0.1) is 5.11 Å². The lowest BCUT2D eigenvalue weighted by Gasteiger charge is -2.25. The molecule has 0 saturated carbocycles. The zero-order valence-corrected chi connectivity index (χ0v) is 20.7. The van der Waals surface area contributed by atoms with Crippen LogP contribution in [0.15, 0.2) is 33.4 Å². The third-order valence-corrected chi connectivity index (χ3v) is 5.28. The van der Waals surface area contributed by atoms with Crippen LogP contribution in [-0.2, 0) is 11.3 Å². The maximum absolute atomic E-state index is 7.45. The minimum absolute atomic E-state index is 0.0514. The average molecular weight is 463 g/mol. The van der Waals surface area contributed by atoms with E-state index in [1.165, 1.54) is 6.40 Å². The third kappa shape index (κ3) is 7.14. The first-order valence-electron chi connectivity index (χ1n) is 11.8. The summed E-state index contributed by atoms with van der Waals surface area (Å²) < 4.78 is 6.71. The van der Waals surface area contributed by atoms with Crippen molar-refractivity contribution in [2.75, 3.05) is 25.1 Å². The minimum Gasteiger partial charge on any atom is -0.486 e. The minimum atomic E-state index is 0.0514. The summed E-state index contributed by atoms with van der Waals surface area (Å²) >= 11 is 0. The van der Waals surface area contributed by atoms with Gasteiger partial charge in [-0.25, -0.2) is 9.56 Å². The molecule has 0 aliphatic carbocycles. The van der Waals surface area contributed by atoms with E-state index < -0.39 is 0 Å². The summed E-state index contributed by atoms with van der Waals surface area (Å²) in [5, 5.41) is 8.70. The van der Waals surface area contributed by atoms with Gasteiger partial charge < -0.3 is 19.3 Å². The topological polar surface area (TPSA) is 76.1 Å². The molecular formula is C25H34N8O. The number of benzene rings is 1. The molecule has 0 aliphatic rings. The van der Waals surface area contributed by atoms with Gasteiger partial charge in [0, 0.05) is 18.8 Å². The Hall–Kier alpha value is -3.72. The fraction of sp³-hybridized carbons (Fsp3) is 0.520. The molecule has 9 heteroatoms. The fourth-order valence-corrected chi connectivity index (χ4v) is 3.38. The van der Waals surface area contributed by atoms with Crippen LogP contribution in [0.3, 0.4) is 0 Å². The van der Waals surface area contributed by atoms with Crippen LogP contribution < -0.4 is 4.90 Å². The zero-order valence-electron chi connectivity index (χ0n) is 20.7. The van der Waals surface area contributed by atoms with Crippen LogP contribution in [0.5, 0.6) is 0 Å². The number of rotatable bonds is 14. The molecule has 2 rings (SSSR count). The molecule has 1 heterocycles. The van der Waals surface area contributed by atoms with E-state index in [0.29, 0.717) is 17.9 Å². The summed E-state index contributed by atoms with van der Waals surface area (Å²) in [5.41, 5.74) is 2.27. The number of unbranched alkanes of at least 4 members (excludes halogenated alkanes) is 3. The largest absolute Gasteiger partial charge is 0.486 e. The molecule has 0 unspecified atom stereocenters. The van der Waals surface area contributed by atoms with Crippen molar-refractivity contribution >= 4 is 41.0 Å². The van der Waals surface area contributed by atoms with E-state index in [2.05, 4.69) is 55.6 Å². The number of imidazole rings is 1. The molecule has 0 bridgehead atoms. The molecule has 0 spiro atoms. The highest BCUT2D eigenvalue weighted by molar-refractivity contribution is 5.72. The highest BCUT2D eigenvalue weighted by Gasteiger charge is 2.22. The van der Waals surface area contributed by atoms with Crippen molar-refractivity contribution in [1.29, 1.82) is 0 Å². The number of nitrogens with zero attached hydrogens (tertiary/aromatic N) is 8. The summed E-state index contributed by atoms with van der Waals surface area (Å²) in [5.74, 6) is 0.507. The second-order valence-corrected chi connectivity index (χ2v) is 7.83. The number of hydrogen-bond acceptors (Lipinski definition) is 6. The lowest BCUT2D eigenvalue weighted by Crippen LogP contribution is -2.25. The van der Waals surface area contributed by atoms with Gasteiger partial charge in [0.1, 0.15) is 5.69 Å². The smallest absolute Gasteiger partial charge is 0.416 e. The van der Waals surface area contributed by atoms with Gasteiger partial charge in [0.25, 0.3) is 11.6 Å². The Morgan fingerprint density at radius 2 is 1.71 bits per heavy atom. The lowest BCUT2D eigenvalue weighted by atomic mass is 10.2. The number of ether oxygens (including phenoxy) is 1. The number of azo groups is 1. The van der Waals surface area contributed by atoms with Gasteiger partial charge in [0.05, 0.1) is 19.3 Å². The second kappa shape index (κ2) is 14.4. The first-order chi connectivity index (χ1) is 16.6. The van der Waals surface area contributed by atoms with E-state index in [-0.39, 0.29) is 17.6 Å². The molecule has 0 fully saturated rings. The molecule has 0 aliphatic heterocycles. The standard InChI is InChI=1S/C25H34N8O/c1-7-10-15-32(16-11-8-2)20-13-14-21(22(18-20)28-19-34-6)30-31-25-29-23(26-4)24(27-5)33(25)17-12-9-3/h13-14,18-19H,7-12,15-17H2,1-3,6H3. The average Bonchev–Trinajstić information content (AvgIpc) is 3.21. The Morgan fingerprint density at radius 3 is 2.29 bits per heavy atom. The SMILES string of the molecule is [C-]#[N+]c1nc(N=Nc2ccc(N(CCCC)CCCC)cc2N=COC)n(CCCC)c1[N+]#[C-]. The molecular weight excluding hydrogens is 428 g/mol. The van der Waals surface area contributed by atoms with Crippen molar-refractivity contribution in [3.8, 4) is 0 Å². The van der Waals surface area contributed by atoms with E-state index in [9.17, 15) is 0 Å². The van der Waals surface area contributed by atoms with Gasteiger partial charge >= 0.3 is 5.95 Å². The van der Waals surface area contributed by atoms with E-state index in [0.717, 1.165) is 57.3 Å². The summed E-state index contributed by atoms with van der Waals surface area (Å²) in [6.07, 6.45) is 7.67. The van der Waals surface area contributed by atoms with Crippen LogP contribution in [0.1, 0.15) is 59.3 Å². The van der Waals surface area contributed by atoms with E-state index in [1.54, 1.807) is 11.7 Å². The maximum atomic E-state index is 7.45. The number of aromatic nitrogens is 2. The normalized spacial score (nSPS) is 11.1. The predicted molar refractivity (Wildman–Crippen MR) is 137 cm³/mol. The Labute approximate surface area is 202 Å². The monoisotopic (exact) mass is 462 g/mol. The van der Waals surface area contributed by atoms with E-state index in [4.69, 9.17) is 17.9 Å². The Kier molecular flexibility index (Phi) is 11.3. The fourth-order valence-electron chi connectivity index (χ4n) is 3.38. The number of anilines is 1. The molecule has 1 aromatic heterocycles. The highest BCUT2D eigenvalue weighted by Crippen LogP contribution is 2.37. The molecule has 9 nitrogen and oxygen atoms in total. The van der Waals surface area contributed by atoms with Crippen LogP contribution in [0.4, 0.5) is 34.6 Å². The molecule has 1 aromatic carbocycles. The summed E-state index contributed by atoms with van der Waals surface area (Å²) in [6.45, 7) is 23.8. The molecule has 2 aromatic rings. The van der Waals surface area contributed by atoms with Gasteiger partial charge in [-0.2, -0.15) is 0 Å². The van der Waals surface area contributed by atoms with Gasteiger partial charge in [0.2, 0.25) is 0 Å². The quantitative estimate of drug-likeness (QED) is 0.124. The Morgan fingerprint density at radius 1 is 1.00 bits per heavy atom. The molecule has 0 N–H and O–H groups in total. The van der Waals surface area contributed by atoms with Crippen molar-refractivity contribution in [2.45, 2.75) is 65.8 Å². The molecule has 0 amide bonds. The number of hydrogen-bond donors (Lipinski definition) is 0. The van der Waals surface area contributed by atoms with Crippen molar-refractivity contribution in [3.05, 3.63) is 41.0 Å². The molecule has 34 heavy (non-hydrogen) atoms. The van der Waals surface area contributed by atoms with Gasteiger partial charge in [0.15, 0.2) is 6.40 Å². The zero-order chi connectivity index (χ0) is 24.8. The van der Waals surface area contributed by atoms with Gasteiger partial charge in [-0.3, -0.25) is 0 Å². The summed E-state index contributed by atoms with van der Waals surface area (Å²) in [4.78, 5) is 17.9. The highest BCUT2D eigenvalue weighted by atomic mass is 16.5. The summed E-state index contributed by atoms with van der Waals surface area (Å²) in [6, 6.07) is 5.91. The Bertz CT molecular complexity index is 1050. The lowest BCUT2D eigenvalue weighted by molar-refractivity contribution is 0.423. The summed E-state index contributed by atoms with van der Waals surface area (Å²) in [7, 11) is 1.55.